The summed E-state index contributed by atoms with van der Waals surface area (Å²) in [4.78, 5) is 0. The first kappa shape index (κ1) is 19.7. The Morgan fingerprint density at radius 3 is 2.17 bits per heavy atom. The lowest BCUT2D eigenvalue weighted by molar-refractivity contribution is -0.0699. The highest BCUT2D eigenvalue weighted by atomic mass is 35.5. The Hall–Kier alpha value is -1.36. The second-order valence-corrected chi connectivity index (χ2v) is 5.49. The Morgan fingerprint density at radius 1 is 1.17 bits per heavy atom. The summed E-state index contributed by atoms with van der Waals surface area (Å²) in [5.41, 5.74) is -1.76. The van der Waals surface area contributed by atoms with E-state index in [1.54, 1.807) is 13.8 Å². The molecular weight excluding hydrogens is 335 g/mol. The van der Waals surface area contributed by atoms with Crippen molar-refractivity contribution in [3.8, 4) is 0 Å². The van der Waals surface area contributed by atoms with Crippen LogP contribution >= 0.6 is 11.6 Å². The third-order valence-electron chi connectivity index (χ3n) is 3.32. The average Bonchev–Trinajstić information content (AvgIpc) is 2.45. The zero-order valence-electron chi connectivity index (χ0n) is 12.9. The molecule has 0 amide bonds. The molecule has 0 bridgehead atoms. The summed E-state index contributed by atoms with van der Waals surface area (Å²) in [6.45, 7) is 3.33. The van der Waals surface area contributed by atoms with Gasteiger partial charge in [0.05, 0.1) is 5.57 Å². The first-order valence-electron chi connectivity index (χ1n) is 7.28. The number of allylic oxidation sites excluding steroid dienone is 4. The highest BCUT2D eigenvalue weighted by Crippen LogP contribution is 2.38. The maximum atomic E-state index is 14.3. The molecule has 1 unspecified atom stereocenters. The summed E-state index contributed by atoms with van der Waals surface area (Å²) in [7, 11) is 0. The van der Waals surface area contributed by atoms with Crippen LogP contribution in [0, 0.1) is 0 Å². The van der Waals surface area contributed by atoms with Gasteiger partial charge in [0.25, 0.3) is 0 Å². The van der Waals surface area contributed by atoms with Crippen LogP contribution in [-0.2, 0) is 0 Å². The molecule has 0 nitrogen and oxygen atoms in total. The van der Waals surface area contributed by atoms with E-state index in [9.17, 15) is 22.0 Å². The molecule has 0 heterocycles. The lowest BCUT2D eigenvalue weighted by Gasteiger charge is -2.14. The van der Waals surface area contributed by atoms with E-state index in [1.807, 2.05) is 0 Å². The first-order valence-corrected chi connectivity index (χ1v) is 7.65. The molecule has 23 heavy (non-hydrogen) atoms. The molecule has 0 aliphatic carbocycles. The van der Waals surface area contributed by atoms with Crippen LogP contribution in [-0.4, -0.2) is 12.3 Å². The molecule has 0 fully saturated rings. The third kappa shape index (κ3) is 5.65. The summed E-state index contributed by atoms with van der Waals surface area (Å²) in [6, 6.07) is 4.66. The van der Waals surface area contributed by atoms with Gasteiger partial charge in [-0.25, -0.2) is 8.78 Å². The van der Waals surface area contributed by atoms with Gasteiger partial charge in [-0.05, 0) is 42.2 Å². The van der Waals surface area contributed by atoms with Gasteiger partial charge in [-0.15, -0.1) is 0 Å². The van der Waals surface area contributed by atoms with Crippen molar-refractivity contribution < 1.29 is 22.0 Å². The Morgan fingerprint density at radius 2 is 1.74 bits per heavy atom. The van der Waals surface area contributed by atoms with Crippen LogP contribution in [0.3, 0.4) is 0 Å². The lowest BCUT2D eigenvalue weighted by Crippen LogP contribution is -2.13. The third-order valence-corrected chi connectivity index (χ3v) is 3.57. The van der Waals surface area contributed by atoms with Crippen molar-refractivity contribution in [1.82, 2.24) is 0 Å². The van der Waals surface area contributed by atoms with Crippen LogP contribution in [0.1, 0.15) is 38.7 Å². The molecule has 128 valence electrons. The van der Waals surface area contributed by atoms with E-state index >= 15 is 0 Å². The number of halogens is 6. The molecule has 1 aromatic rings. The van der Waals surface area contributed by atoms with E-state index in [-0.39, 0.29) is 29.0 Å². The van der Waals surface area contributed by atoms with Crippen molar-refractivity contribution in [2.75, 3.05) is 0 Å². The van der Waals surface area contributed by atoms with Crippen LogP contribution in [0.2, 0.25) is 5.02 Å². The molecule has 0 spiro atoms. The molecule has 6 heteroatoms. The summed E-state index contributed by atoms with van der Waals surface area (Å²) in [5, 5.41) is 0.243. The number of benzene rings is 1. The van der Waals surface area contributed by atoms with Crippen molar-refractivity contribution >= 4 is 17.2 Å². The number of rotatable bonds is 6. The highest BCUT2D eigenvalue weighted by molar-refractivity contribution is 6.30. The fraction of sp³-hybridized carbons (Fsp3) is 0.412. The molecule has 0 aliphatic rings. The van der Waals surface area contributed by atoms with Crippen molar-refractivity contribution in [3.05, 3.63) is 52.3 Å². The fourth-order valence-electron chi connectivity index (χ4n) is 2.14. The smallest absolute Gasteiger partial charge is 0.243 e. The zero-order chi connectivity index (χ0) is 17.6. The lowest BCUT2D eigenvalue weighted by atomic mass is 10.00. The van der Waals surface area contributed by atoms with Crippen LogP contribution in [0.5, 0.6) is 0 Å². The first-order chi connectivity index (χ1) is 10.7. The molecule has 0 N–H and O–H groups in total. The van der Waals surface area contributed by atoms with Gasteiger partial charge in [-0.2, -0.15) is 13.2 Å². The summed E-state index contributed by atoms with van der Waals surface area (Å²) in [5.74, 6) is -1.49. The zero-order valence-corrected chi connectivity index (χ0v) is 13.6. The van der Waals surface area contributed by atoms with Crippen molar-refractivity contribution in [3.63, 3.8) is 0 Å². The van der Waals surface area contributed by atoms with Gasteiger partial charge in [-0.1, -0.05) is 44.0 Å². The predicted molar refractivity (Wildman–Crippen MR) is 83.7 cm³/mol. The topological polar surface area (TPSA) is 0 Å². The summed E-state index contributed by atoms with van der Waals surface area (Å²) >= 11 is 5.64. The standard InChI is InChI=1S/C17H18ClF5/c1-3-5-14(19)11(4-2)10-15(20)16(17(21,22)23)12-6-8-13(18)9-7-12/h6-10,14H,3-5H2,1-2H3/b11-10+,16-15+. The monoisotopic (exact) mass is 352 g/mol. The minimum absolute atomic E-state index is 0.0139. The number of hydrogen-bond acceptors (Lipinski definition) is 0. The second kappa shape index (κ2) is 8.48. The van der Waals surface area contributed by atoms with Gasteiger partial charge in [0.15, 0.2) is 0 Å². The summed E-state index contributed by atoms with van der Waals surface area (Å²) < 4.78 is 67.8. The van der Waals surface area contributed by atoms with Crippen molar-refractivity contribution in [2.45, 2.75) is 45.5 Å². The number of alkyl halides is 4. The van der Waals surface area contributed by atoms with Gasteiger partial charge < -0.3 is 0 Å². The maximum absolute atomic E-state index is 14.3. The molecule has 1 atom stereocenters. The van der Waals surface area contributed by atoms with Crippen LogP contribution in [0.25, 0.3) is 5.57 Å². The molecule has 1 rings (SSSR count). The number of hydrogen-bond donors (Lipinski definition) is 0. The van der Waals surface area contributed by atoms with Crippen molar-refractivity contribution in [2.24, 2.45) is 0 Å². The Labute approximate surface area is 137 Å². The van der Waals surface area contributed by atoms with Gasteiger partial charge in [0.2, 0.25) is 0 Å². The van der Waals surface area contributed by atoms with E-state index in [0.29, 0.717) is 12.5 Å². The van der Waals surface area contributed by atoms with Crippen LogP contribution in [0.4, 0.5) is 22.0 Å². The van der Waals surface area contributed by atoms with Gasteiger partial charge in [0, 0.05) is 5.02 Å². The molecule has 1 aromatic carbocycles. The van der Waals surface area contributed by atoms with E-state index in [0.717, 1.165) is 12.1 Å². The predicted octanol–water partition coefficient (Wildman–Crippen LogP) is 7.06. The van der Waals surface area contributed by atoms with E-state index in [2.05, 4.69) is 0 Å². The Balaban J connectivity index is 3.38. The van der Waals surface area contributed by atoms with Crippen LogP contribution in [0.15, 0.2) is 41.7 Å². The largest absolute Gasteiger partial charge is 0.419 e. The fourth-order valence-corrected chi connectivity index (χ4v) is 2.27. The minimum Gasteiger partial charge on any atom is -0.243 e. The molecule has 0 saturated heterocycles. The average molecular weight is 353 g/mol. The second-order valence-electron chi connectivity index (χ2n) is 5.06. The molecule has 0 radical (unpaired) electrons. The molecule has 0 aliphatic heterocycles. The van der Waals surface area contributed by atoms with E-state index in [4.69, 9.17) is 11.6 Å². The highest BCUT2D eigenvalue weighted by Gasteiger charge is 2.37. The molecule has 0 saturated carbocycles. The normalized spacial score (nSPS) is 15.4. The van der Waals surface area contributed by atoms with E-state index < -0.39 is 23.7 Å². The van der Waals surface area contributed by atoms with Gasteiger partial charge in [0.1, 0.15) is 12.0 Å². The quantitative estimate of drug-likeness (QED) is 0.380. The molecule has 0 aromatic heterocycles. The van der Waals surface area contributed by atoms with E-state index in [1.165, 1.54) is 12.1 Å². The molecular formula is C17H18ClF5. The Bertz CT molecular complexity index is 570. The summed E-state index contributed by atoms with van der Waals surface area (Å²) in [6.07, 6.45) is -4.87. The van der Waals surface area contributed by atoms with Gasteiger partial charge in [-0.3, -0.25) is 0 Å². The van der Waals surface area contributed by atoms with Crippen LogP contribution < -0.4 is 0 Å². The van der Waals surface area contributed by atoms with Crippen molar-refractivity contribution in [1.29, 1.82) is 0 Å². The minimum atomic E-state index is -4.90. The SMILES string of the molecule is CCCC(F)/C(=C/C(F)=C(/c1ccc(Cl)cc1)C(F)(F)F)CC. The maximum Gasteiger partial charge on any atom is 0.419 e. The Kier molecular flexibility index (Phi) is 7.26. The van der Waals surface area contributed by atoms with Gasteiger partial charge >= 0.3 is 6.18 Å².